The maximum atomic E-state index is 6.60. The molecular formula is C15H26N2S. The van der Waals surface area contributed by atoms with Crippen molar-refractivity contribution in [1.82, 2.24) is 4.90 Å². The molecule has 1 heterocycles. The zero-order chi connectivity index (χ0) is 13.2. The molecule has 102 valence electrons. The van der Waals surface area contributed by atoms with E-state index in [1.54, 1.807) is 0 Å². The van der Waals surface area contributed by atoms with Gasteiger partial charge in [-0.3, -0.25) is 4.90 Å². The van der Waals surface area contributed by atoms with E-state index < -0.39 is 0 Å². The van der Waals surface area contributed by atoms with E-state index >= 15 is 0 Å². The van der Waals surface area contributed by atoms with E-state index in [9.17, 15) is 0 Å². The Morgan fingerprint density at radius 2 is 2.39 bits per heavy atom. The van der Waals surface area contributed by atoms with Gasteiger partial charge in [0, 0.05) is 23.0 Å². The van der Waals surface area contributed by atoms with Gasteiger partial charge in [0.25, 0.3) is 0 Å². The van der Waals surface area contributed by atoms with Crippen LogP contribution in [0.2, 0.25) is 0 Å². The third-order valence-corrected chi connectivity index (χ3v) is 5.35. The highest BCUT2D eigenvalue weighted by molar-refractivity contribution is 7.10. The third-order valence-electron chi connectivity index (χ3n) is 4.31. The topological polar surface area (TPSA) is 29.3 Å². The van der Waals surface area contributed by atoms with Crippen LogP contribution in [-0.2, 0) is 0 Å². The number of thiophene rings is 1. The first-order chi connectivity index (χ1) is 8.50. The average Bonchev–Trinajstić information content (AvgIpc) is 2.80. The second-order valence-electron chi connectivity index (χ2n) is 6.17. The summed E-state index contributed by atoms with van der Waals surface area (Å²) in [7, 11) is 2.21. The van der Waals surface area contributed by atoms with Crippen molar-refractivity contribution in [2.24, 2.45) is 11.7 Å². The number of rotatable bonds is 4. The van der Waals surface area contributed by atoms with Crippen molar-refractivity contribution < 1.29 is 0 Å². The van der Waals surface area contributed by atoms with Crippen LogP contribution in [0.4, 0.5) is 0 Å². The Balaban J connectivity index is 1.96. The molecule has 1 aliphatic carbocycles. The van der Waals surface area contributed by atoms with Gasteiger partial charge in [0.2, 0.25) is 0 Å². The minimum atomic E-state index is 0.0257. The summed E-state index contributed by atoms with van der Waals surface area (Å²) in [5, 5.41) is 2.15. The molecule has 0 bridgehead atoms. The fraction of sp³-hybridized carbons (Fsp3) is 0.733. The van der Waals surface area contributed by atoms with Gasteiger partial charge in [-0.2, -0.15) is 0 Å². The average molecular weight is 266 g/mol. The summed E-state index contributed by atoms with van der Waals surface area (Å²) in [6.45, 7) is 5.63. The fourth-order valence-corrected chi connectivity index (χ4v) is 4.07. The van der Waals surface area contributed by atoms with Gasteiger partial charge in [0.05, 0.1) is 0 Å². The molecular weight excluding hydrogens is 240 g/mol. The quantitative estimate of drug-likeness (QED) is 0.901. The van der Waals surface area contributed by atoms with Crippen LogP contribution >= 0.6 is 11.3 Å². The first-order valence-electron chi connectivity index (χ1n) is 7.03. The summed E-state index contributed by atoms with van der Waals surface area (Å²) in [5.41, 5.74) is 6.63. The van der Waals surface area contributed by atoms with Crippen LogP contribution in [0.3, 0.4) is 0 Å². The van der Waals surface area contributed by atoms with E-state index in [0.717, 1.165) is 12.5 Å². The Morgan fingerprint density at radius 1 is 1.61 bits per heavy atom. The molecule has 0 aliphatic heterocycles. The molecule has 3 atom stereocenters. The molecule has 3 heteroatoms. The summed E-state index contributed by atoms with van der Waals surface area (Å²) in [6.07, 6.45) is 5.00. The van der Waals surface area contributed by atoms with E-state index in [-0.39, 0.29) is 5.54 Å². The number of likely N-dealkylation sites (N-methyl/N-ethyl adjacent to an activating group) is 1. The second-order valence-corrected chi connectivity index (χ2v) is 7.15. The molecule has 1 fully saturated rings. The molecule has 1 aliphatic rings. The highest BCUT2D eigenvalue weighted by atomic mass is 32.1. The van der Waals surface area contributed by atoms with Gasteiger partial charge in [0.15, 0.2) is 0 Å². The first-order valence-corrected chi connectivity index (χ1v) is 7.91. The molecule has 1 saturated carbocycles. The van der Waals surface area contributed by atoms with Gasteiger partial charge in [0.1, 0.15) is 0 Å². The fourth-order valence-electron chi connectivity index (χ4n) is 3.22. The van der Waals surface area contributed by atoms with Gasteiger partial charge in [-0.05, 0) is 44.2 Å². The molecule has 18 heavy (non-hydrogen) atoms. The lowest BCUT2D eigenvalue weighted by Crippen LogP contribution is -2.52. The molecule has 2 N–H and O–H groups in total. The van der Waals surface area contributed by atoms with E-state index in [1.165, 1.54) is 30.6 Å². The zero-order valence-corrected chi connectivity index (χ0v) is 12.7. The zero-order valence-electron chi connectivity index (χ0n) is 11.9. The maximum absolute atomic E-state index is 6.60. The molecule has 1 aromatic heterocycles. The Labute approximate surface area is 115 Å². The highest BCUT2D eigenvalue weighted by Gasteiger charge is 2.33. The number of nitrogens with zero attached hydrogens (tertiary/aromatic N) is 1. The lowest BCUT2D eigenvalue weighted by molar-refractivity contribution is 0.145. The van der Waals surface area contributed by atoms with E-state index in [1.807, 2.05) is 11.3 Å². The van der Waals surface area contributed by atoms with Crippen LogP contribution < -0.4 is 5.73 Å². The molecule has 2 rings (SSSR count). The second kappa shape index (κ2) is 5.72. The van der Waals surface area contributed by atoms with E-state index in [2.05, 4.69) is 43.3 Å². The monoisotopic (exact) mass is 266 g/mol. The standard InChI is InChI=1S/C15H26N2S/c1-12-6-4-8-15(16,10-12)11-17(3)13(2)14-7-5-9-18-14/h5,7,9,12-13H,4,6,8,10-11,16H2,1-3H3. The summed E-state index contributed by atoms with van der Waals surface area (Å²) in [4.78, 5) is 3.86. The normalized spacial score (nSPS) is 30.6. The van der Waals surface area contributed by atoms with Gasteiger partial charge in [-0.15, -0.1) is 11.3 Å². The van der Waals surface area contributed by atoms with Gasteiger partial charge in [-0.25, -0.2) is 0 Å². The first kappa shape index (κ1) is 14.0. The summed E-state index contributed by atoms with van der Waals surface area (Å²) in [6, 6.07) is 4.83. The van der Waals surface area contributed by atoms with Crippen LogP contribution in [0, 0.1) is 5.92 Å². The largest absolute Gasteiger partial charge is 0.324 e. The van der Waals surface area contributed by atoms with Crippen molar-refractivity contribution in [1.29, 1.82) is 0 Å². The Bertz CT molecular complexity index is 363. The minimum absolute atomic E-state index is 0.0257. The van der Waals surface area contributed by atoms with Crippen molar-refractivity contribution >= 4 is 11.3 Å². The van der Waals surface area contributed by atoms with Crippen LogP contribution in [-0.4, -0.2) is 24.0 Å². The number of hydrogen-bond donors (Lipinski definition) is 1. The van der Waals surface area contributed by atoms with Gasteiger partial charge in [-0.1, -0.05) is 25.8 Å². The van der Waals surface area contributed by atoms with Crippen LogP contribution in [0.25, 0.3) is 0 Å². The van der Waals surface area contributed by atoms with E-state index in [4.69, 9.17) is 5.73 Å². The lowest BCUT2D eigenvalue weighted by atomic mass is 9.76. The Hall–Kier alpha value is -0.380. The van der Waals surface area contributed by atoms with Crippen LogP contribution in [0.5, 0.6) is 0 Å². The van der Waals surface area contributed by atoms with Crippen molar-refractivity contribution in [2.75, 3.05) is 13.6 Å². The molecule has 0 saturated heterocycles. The molecule has 0 radical (unpaired) electrons. The molecule has 0 aromatic carbocycles. The van der Waals surface area contributed by atoms with Crippen molar-refractivity contribution in [3.8, 4) is 0 Å². The molecule has 3 unspecified atom stereocenters. The van der Waals surface area contributed by atoms with Gasteiger partial charge < -0.3 is 5.73 Å². The van der Waals surface area contributed by atoms with E-state index in [0.29, 0.717) is 6.04 Å². The third kappa shape index (κ3) is 3.34. The predicted octanol–water partition coefficient (Wildman–Crippen LogP) is 3.65. The molecule has 2 nitrogen and oxygen atoms in total. The van der Waals surface area contributed by atoms with Crippen molar-refractivity contribution in [3.05, 3.63) is 22.4 Å². The lowest BCUT2D eigenvalue weighted by Gasteiger charge is -2.41. The van der Waals surface area contributed by atoms with Crippen LogP contribution in [0.15, 0.2) is 17.5 Å². The Morgan fingerprint density at radius 3 is 3.00 bits per heavy atom. The predicted molar refractivity (Wildman–Crippen MR) is 79.9 cm³/mol. The molecule has 0 spiro atoms. The SMILES string of the molecule is CC1CCCC(N)(CN(C)C(C)c2cccs2)C1. The number of nitrogens with two attached hydrogens (primary N) is 1. The summed E-state index contributed by atoms with van der Waals surface area (Å²) in [5.74, 6) is 0.786. The van der Waals surface area contributed by atoms with Crippen molar-refractivity contribution in [2.45, 2.75) is 51.1 Å². The smallest absolute Gasteiger partial charge is 0.0411 e. The highest BCUT2D eigenvalue weighted by Crippen LogP contribution is 2.33. The minimum Gasteiger partial charge on any atom is -0.324 e. The van der Waals surface area contributed by atoms with Crippen molar-refractivity contribution in [3.63, 3.8) is 0 Å². The summed E-state index contributed by atoms with van der Waals surface area (Å²) < 4.78 is 0. The maximum Gasteiger partial charge on any atom is 0.0411 e. The number of hydrogen-bond acceptors (Lipinski definition) is 3. The molecule has 1 aromatic rings. The Kier molecular flexibility index (Phi) is 4.46. The van der Waals surface area contributed by atoms with Gasteiger partial charge >= 0.3 is 0 Å². The van der Waals surface area contributed by atoms with Crippen LogP contribution in [0.1, 0.15) is 50.4 Å². The summed E-state index contributed by atoms with van der Waals surface area (Å²) >= 11 is 1.84. The molecule has 0 amide bonds.